The summed E-state index contributed by atoms with van der Waals surface area (Å²) in [5.74, 6) is -0.277. The summed E-state index contributed by atoms with van der Waals surface area (Å²) >= 11 is 0. The Morgan fingerprint density at radius 2 is 1.13 bits per heavy atom. The summed E-state index contributed by atoms with van der Waals surface area (Å²) < 4.78 is 24.3. The number of ketones is 1. The molecule has 1 aliphatic heterocycles. The Labute approximate surface area is 307 Å². The maximum absolute atomic E-state index is 13.0. The van der Waals surface area contributed by atoms with E-state index in [1.807, 2.05) is 24.3 Å². The van der Waals surface area contributed by atoms with Crippen LogP contribution in [0.5, 0.6) is 11.5 Å². The smallest absolute Gasteiger partial charge is 0.311 e. The number of imide groups is 1. The standard InChI is InChI=1S/C44H52FNO6/c45-37-25-21-36(22-26-37)41(47)31-20-34-18-27-39(28-19-34)52-43(49)17-15-13-11-9-7-5-3-1-2-4-6-8-10-12-14-16-32-51-38-29-23-35(24-30-38)40-33-42(48)46-44(40)50/h18-31,33H,1-17,32H2,(H,46,48,50). The van der Waals surface area contributed by atoms with E-state index in [2.05, 4.69) is 5.32 Å². The van der Waals surface area contributed by atoms with E-state index in [1.165, 1.54) is 113 Å². The molecule has 52 heavy (non-hydrogen) atoms. The summed E-state index contributed by atoms with van der Waals surface area (Å²) in [5, 5.41) is 2.26. The molecule has 0 fully saturated rings. The molecule has 4 rings (SSSR count). The van der Waals surface area contributed by atoms with Gasteiger partial charge in [-0.25, -0.2) is 4.39 Å². The average Bonchev–Trinajstić information content (AvgIpc) is 3.49. The molecule has 0 aliphatic carbocycles. The lowest BCUT2D eigenvalue weighted by atomic mass is 10.0. The fourth-order valence-electron chi connectivity index (χ4n) is 6.11. The summed E-state index contributed by atoms with van der Waals surface area (Å²) in [7, 11) is 0. The van der Waals surface area contributed by atoms with E-state index in [9.17, 15) is 23.6 Å². The van der Waals surface area contributed by atoms with E-state index in [-0.39, 0.29) is 29.4 Å². The SMILES string of the molecule is O=C1C=C(c2ccc(OCCCCCCCCCCCCCCCCCCC(=O)Oc3ccc(C=CC(=O)c4ccc(F)cc4)cc3)cc2)C(=O)N1. The van der Waals surface area contributed by atoms with E-state index in [0.29, 0.717) is 35.5 Å². The molecule has 2 amide bonds. The first-order chi connectivity index (χ1) is 25.4. The Morgan fingerprint density at radius 3 is 1.67 bits per heavy atom. The van der Waals surface area contributed by atoms with Gasteiger partial charge in [-0.3, -0.25) is 24.5 Å². The molecule has 1 aliphatic rings. The Balaban J connectivity index is 0.883. The summed E-state index contributed by atoms with van der Waals surface area (Å²) in [5.41, 5.74) is 2.33. The second-order valence-electron chi connectivity index (χ2n) is 13.4. The van der Waals surface area contributed by atoms with Gasteiger partial charge in [-0.15, -0.1) is 0 Å². The molecule has 0 bridgehead atoms. The van der Waals surface area contributed by atoms with Gasteiger partial charge in [-0.1, -0.05) is 120 Å². The molecule has 0 saturated heterocycles. The average molecular weight is 710 g/mol. The lowest BCUT2D eigenvalue weighted by Crippen LogP contribution is -2.21. The Bertz CT molecular complexity index is 1630. The number of amides is 2. The van der Waals surface area contributed by atoms with E-state index >= 15 is 0 Å². The Morgan fingerprint density at radius 1 is 0.615 bits per heavy atom. The van der Waals surface area contributed by atoms with Gasteiger partial charge >= 0.3 is 5.97 Å². The molecule has 8 heteroatoms. The minimum Gasteiger partial charge on any atom is -0.494 e. The van der Waals surface area contributed by atoms with E-state index in [1.54, 1.807) is 30.3 Å². The number of halogens is 1. The number of hydrogen-bond donors (Lipinski definition) is 1. The lowest BCUT2D eigenvalue weighted by Gasteiger charge is -2.07. The zero-order chi connectivity index (χ0) is 36.8. The molecule has 0 spiro atoms. The van der Waals surface area contributed by atoms with Crippen molar-refractivity contribution in [3.05, 3.63) is 107 Å². The third-order valence-electron chi connectivity index (χ3n) is 9.13. The van der Waals surface area contributed by atoms with Crippen LogP contribution in [-0.2, 0) is 14.4 Å². The lowest BCUT2D eigenvalue weighted by molar-refractivity contribution is -0.134. The summed E-state index contributed by atoms with van der Waals surface area (Å²) in [6.07, 6.45) is 24.2. The number of carbonyl (C=O) groups is 4. The van der Waals surface area contributed by atoms with Crippen molar-refractivity contribution in [2.24, 2.45) is 0 Å². The summed E-state index contributed by atoms with van der Waals surface area (Å²) in [6, 6.07) is 19.7. The largest absolute Gasteiger partial charge is 0.494 e. The van der Waals surface area contributed by atoms with Crippen molar-refractivity contribution >= 4 is 35.2 Å². The quantitative estimate of drug-likeness (QED) is 0.0235. The maximum Gasteiger partial charge on any atom is 0.311 e. The number of esters is 1. The van der Waals surface area contributed by atoms with Crippen molar-refractivity contribution < 1.29 is 33.0 Å². The number of hydrogen-bond acceptors (Lipinski definition) is 6. The highest BCUT2D eigenvalue weighted by atomic mass is 19.1. The van der Waals surface area contributed by atoms with Crippen LogP contribution in [0.2, 0.25) is 0 Å². The van der Waals surface area contributed by atoms with Crippen molar-refractivity contribution in [3.8, 4) is 11.5 Å². The number of allylic oxidation sites excluding steroid dienone is 1. The second kappa shape index (κ2) is 22.9. The highest BCUT2D eigenvalue weighted by Gasteiger charge is 2.21. The molecule has 7 nitrogen and oxygen atoms in total. The molecule has 0 saturated carbocycles. The first kappa shape index (κ1) is 39.9. The third kappa shape index (κ3) is 15.2. The molecule has 3 aromatic carbocycles. The Kier molecular flexibility index (Phi) is 17.6. The van der Waals surface area contributed by atoms with Crippen molar-refractivity contribution in [1.29, 1.82) is 0 Å². The van der Waals surface area contributed by atoms with Crippen LogP contribution in [0.25, 0.3) is 11.6 Å². The van der Waals surface area contributed by atoms with Gasteiger partial charge in [-0.05, 0) is 78.6 Å². The number of rotatable bonds is 25. The van der Waals surface area contributed by atoms with E-state index in [4.69, 9.17) is 9.47 Å². The molecule has 0 atom stereocenters. The molecule has 1 N–H and O–H groups in total. The van der Waals surface area contributed by atoms with Crippen LogP contribution < -0.4 is 14.8 Å². The van der Waals surface area contributed by atoms with Gasteiger partial charge in [0.05, 0.1) is 12.2 Å². The predicted molar refractivity (Wildman–Crippen MR) is 203 cm³/mol. The van der Waals surface area contributed by atoms with Gasteiger partial charge < -0.3 is 9.47 Å². The number of unbranched alkanes of at least 4 members (excludes halogenated alkanes) is 15. The third-order valence-corrected chi connectivity index (χ3v) is 9.13. The van der Waals surface area contributed by atoms with Gasteiger partial charge in [0, 0.05) is 18.1 Å². The highest BCUT2D eigenvalue weighted by molar-refractivity contribution is 6.33. The van der Waals surface area contributed by atoms with Crippen LogP contribution >= 0.6 is 0 Å². The number of ether oxygens (including phenoxy) is 2. The van der Waals surface area contributed by atoms with Crippen LogP contribution in [0.4, 0.5) is 4.39 Å². The van der Waals surface area contributed by atoms with Gasteiger partial charge in [-0.2, -0.15) is 0 Å². The van der Waals surface area contributed by atoms with Gasteiger partial charge in [0.1, 0.15) is 17.3 Å². The van der Waals surface area contributed by atoms with Crippen LogP contribution in [0.3, 0.4) is 0 Å². The fourth-order valence-corrected chi connectivity index (χ4v) is 6.11. The first-order valence-corrected chi connectivity index (χ1v) is 19.0. The molecule has 0 radical (unpaired) electrons. The van der Waals surface area contributed by atoms with E-state index in [0.717, 1.165) is 37.0 Å². The summed E-state index contributed by atoms with van der Waals surface area (Å²) in [4.78, 5) is 47.5. The monoisotopic (exact) mass is 709 g/mol. The van der Waals surface area contributed by atoms with Crippen LogP contribution in [0, 0.1) is 5.82 Å². The fraction of sp³-hybridized carbons (Fsp3) is 0.409. The molecule has 1 heterocycles. The molecule has 0 unspecified atom stereocenters. The molecule has 3 aromatic rings. The van der Waals surface area contributed by atoms with Crippen molar-refractivity contribution in [1.82, 2.24) is 5.32 Å². The normalized spacial score (nSPS) is 12.6. The molecular weight excluding hydrogens is 657 g/mol. The predicted octanol–water partition coefficient (Wildman–Crippen LogP) is 10.4. The minimum atomic E-state index is -0.380. The number of benzene rings is 3. The van der Waals surface area contributed by atoms with Gasteiger partial charge in [0.15, 0.2) is 5.78 Å². The minimum absolute atomic E-state index is 0.208. The van der Waals surface area contributed by atoms with Crippen LogP contribution in [0.1, 0.15) is 131 Å². The van der Waals surface area contributed by atoms with Crippen molar-refractivity contribution in [2.45, 2.75) is 109 Å². The highest BCUT2D eigenvalue weighted by Crippen LogP contribution is 2.22. The van der Waals surface area contributed by atoms with Crippen LogP contribution in [0.15, 0.2) is 84.9 Å². The molecular formula is C44H52FNO6. The zero-order valence-corrected chi connectivity index (χ0v) is 30.2. The zero-order valence-electron chi connectivity index (χ0n) is 30.2. The Hall–Kier alpha value is -4.85. The molecule has 276 valence electrons. The van der Waals surface area contributed by atoms with E-state index < -0.39 is 0 Å². The molecule has 0 aromatic heterocycles. The first-order valence-electron chi connectivity index (χ1n) is 19.0. The number of carbonyl (C=O) groups excluding carboxylic acids is 4. The maximum atomic E-state index is 13.0. The second-order valence-corrected chi connectivity index (χ2v) is 13.4. The van der Waals surface area contributed by atoms with Gasteiger partial charge in [0.2, 0.25) is 0 Å². The van der Waals surface area contributed by atoms with Gasteiger partial charge in [0.25, 0.3) is 11.8 Å². The summed E-state index contributed by atoms with van der Waals surface area (Å²) in [6.45, 7) is 0.682. The topological polar surface area (TPSA) is 98.8 Å². The number of nitrogens with one attached hydrogen (secondary N) is 1. The van der Waals surface area contributed by atoms with Crippen molar-refractivity contribution in [2.75, 3.05) is 6.61 Å². The van der Waals surface area contributed by atoms with Crippen LogP contribution in [-0.4, -0.2) is 30.2 Å². The van der Waals surface area contributed by atoms with Crippen molar-refractivity contribution in [3.63, 3.8) is 0 Å².